The van der Waals surface area contributed by atoms with Gasteiger partial charge in [-0.15, -0.1) is 6.58 Å². The Bertz CT molecular complexity index is 593. The van der Waals surface area contributed by atoms with Crippen LogP contribution in [0.25, 0.3) is 0 Å². The Balaban J connectivity index is 3.12. The Labute approximate surface area is 150 Å². The fourth-order valence-corrected chi connectivity index (χ4v) is 2.59. The summed E-state index contributed by atoms with van der Waals surface area (Å²) in [6.07, 6.45) is 1.19. The van der Waals surface area contributed by atoms with Crippen LogP contribution in [0.2, 0.25) is 0 Å². The maximum absolute atomic E-state index is 12.4. The normalized spacial score (nSPS) is 10.8. The molecule has 0 spiro atoms. The minimum absolute atomic E-state index is 0.164. The minimum Gasteiger partial charge on any atom is -0.461 e. The van der Waals surface area contributed by atoms with Crippen molar-refractivity contribution >= 4 is 40.3 Å². The number of amides is 1. The molecule has 0 aliphatic carbocycles. The molecule has 1 aromatic carbocycles. The van der Waals surface area contributed by atoms with Gasteiger partial charge in [0, 0.05) is 22.6 Å². The van der Waals surface area contributed by atoms with Crippen LogP contribution in [0, 0.1) is 3.57 Å². The number of hydrogen-bond acceptors (Lipinski definition) is 4. The van der Waals surface area contributed by atoms with Crippen LogP contribution in [0.1, 0.15) is 33.3 Å². The van der Waals surface area contributed by atoms with Crippen molar-refractivity contribution in [3.8, 4) is 0 Å². The third-order valence-corrected chi connectivity index (χ3v) is 3.95. The van der Waals surface area contributed by atoms with E-state index in [1.54, 1.807) is 6.08 Å². The van der Waals surface area contributed by atoms with Crippen molar-refractivity contribution in [3.05, 3.63) is 40.0 Å². The fourth-order valence-electron chi connectivity index (χ4n) is 1.78. The van der Waals surface area contributed by atoms with Gasteiger partial charge in [-0.2, -0.15) is 0 Å². The predicted molar refractivity (Wildman–Crippen MR) is 98.4 cm³/mol. The number of benzene rings is 1. The Hall–Kier alpha value is -1.57. The van der Waals surface area contributed by atoms with Gasteiger partial charge in [0.2, 0.25) is 0 Å². The summed E-state index contributed by atoms with van der Waals surface area (Å²) in [6.45, 7) is 11.0. The summed E-state index contributed by atoms with van der Waals surface area (Å²) in [5, 5.41) is 0. The third kappa shape index (κ3) is 6.21. The topological polar surface area (TPSA) is 55.8 Å². The number of carbonyl (C=O) groups is 2. The van der Waals surface area contributed by atoms with E-state index in [0.29, 0.717) is 12.2 Å². The number of esters is 1. The quantitative estimate of drug-likeness (QED) is 0.397. The molecule has 23 heavy (non-hydrogen) atoms. The number of carbonyl (C=O) groups excluding carboxylic acids is 2. The molecule has 0 saturated heterocycles. The molecule has 0 atom stereocenters. The van der Waals surface area contributed by atoms with Crippen molar-refractivity contribution in [1.29, 1.82) is 0 Å². The maximum Gasteiger partial charge on any atom is 0.415 e. The molecule has 6 heteroatoms. The molecule has 0 aliphatic heterocycles. The monoisotopic (exact) mass is 431 g/mol. The van der Waals surface area contributed by atoms with Crippen molar-refractivity contribution in [2.24, 2.45) is 0 Å². The maximum atomic E-state index is 12.4. The lowest BCUT2D eigenvalue weighted by atomic mass is 10.2. The van der Waals surface area contributed by atoms with Crippen molar-refractivity contribution in [1.82, 2.24) is 0 Å². The summed E-state index contributed by atoms with van der Waals surface area (Å²) in [4.78, 5) is 24.9. The molecule has 0 aromatic heterocycles. The lowest BCUT2D eigenvalue weighted by Gasteiger charge is -2.27. The van der Waals surface area contributed by atoms with Gasteiger partial charge >= 0.3 is 12.1 Å². The molecule has 1 amide bonds. The summed E-state index contributed by atoms with van der Waals surface area (Å²) in [5.74, 6) is -0.346. The van der Waals surface area contributed by atoms with E-state index < -0.39 is 11.7 Å². The highest BCUT2D eigenvalue weighted by Gasteiger charge is 2.24. The number of hydrogen-bond donors (Lipinski definition) is 0. The summed E-state index contributed by atoms with van der Waals surface area (Å²) in [6, 6.07) is 5.50. The first-order chi connectivity index (χ1) is 10.7. The van der Waals surface area contributed by atoms with Gasteiger partial charge in [0.1, 0.15) is 12.2 Å². The van der Waals surface area contributed by atoms with Gasteiger partial charge in [-0.1, -0.05) is 18.2 Å². The van der Waals surface area contributed by atoms with Crippen LogP contribution in [0.15, 0.2) is 30.9 Å². The van der Waals surface area contributed by atoms with E-state index in [9.17, 15) is 9.59 Å². The second-order valence-corrected chi connectivity index (χ2v) is 6.99. The number of nitrogens with zero attached hydrogens (tertiary/aromatic N) is 1. The van der Waals surface area contributed by atoms with Crippen LogP contribution in [0.4, 0.5) is 10.5 Å². The van der Waals surface area contributed by atoms with Gasteiger partial charge < -0.3 is 9.47 Å². The SMILES string of the molecule is C=CCN(C(=O)OC(C)(C)C)c1cccc(COC(C)=O)c1I. The number of anilines is 1. The predicted octanol–water partition coefficient (Wildman–Crippen LogP) is 4.28. The van der Waals surface area contributed by atoms with Crippen molar-refractivity contribution in [2.45, 2.75) is 39.9 Å². The summed E-state index contributed by atoms with van der Waals surface area (Å²) in [5.41, 5.74) is 0.942. The highest BCUT2D eigenvalue weighted by Crippen LogP contribution is 2.28. The lowest BCUT2D eigenvalue weighted by Crippen LogP contribution is -2.37. The van der Waals surface area contributed by atoms with Crippen LogP contribution >= 0.6 is 22.6 Å². The summed E-state index contributed by atoms with van der Waals surface area (Å²) >= 11 is 2.14. The Morgan fingerprint density at radius 2 is 2.00 bits per heavy atom. The first-order valence-corrected chi connectivity index (χ1v) is 8.25. The summed E-state index contributed by atoms with van der Waals surface area (Å²) < 4.78 is 11.3. The molecule has 0 unspecified atom stereocenters. The smallest absolute Gasteiger partial charge is 0.415 e. The Kier molecular flexibility index (Phi) is 7.05. The molecule has 0 heterocycles. The van der Waals surface area contributed by atoms with Crippen LogP contribution in [-0.2, 0) is 20.9 Å². The zero-order chi connectivity index (χ0) is 17.6. The molecular formula is C17H22INO4. The second kappa shape index (κ2) is 8.33. The van der Waals surface area contributed by atoms with E-state index in [-0.39, 0.29) is 12.6 Å². The Morgan fingerprint density at radius 1 is 1.35 bits per heavy atom. The van der Waals surface area contributed by atoms with Gasteiger partial charge in [0.05, 0.1) is 5.69 Å². The second-order valence-electron chi connectivity index (χ2n) is 5.91. The van der Waals surface area contributed by atoms with E-state index in [2.05, 4.69) is 29.2 Å². The molecule has 0 N–H and O–H groups in total. The zero-order valence-electron chi connectivity index (χ0n) is 13.9. The van der Waals surface area contributed by atoms with Crippen LogP contribution < -0.4 is 4.90 Å². The summed E-state index contributed by atoms with van der Waals surface area (Å²) in [7, 11) is 0. The van der Waals surface area contributed by atoms with E-state index in [0.717, 1.165) is 9.13 Å². The highest BCUT2D eigenvalue weighted by molar-refractivity contribution is 14.1. The van der Waals surface area contributed by atoms with Crippen LogP contribution in [-0.4, -0.2) is 24.2 Å². The molecule has 1 aromatic rings. The van der Waals surface area contributed by atoms with Gasteiger partial charge in [0.15, 0.2) is 0 Å². The molecule has 0 radical (unpaired) electrons. The average molecular weight is 431 g/mol. The van der Waals surface area contributed by atoms with Crippen molar-refractivity contribution in [3.63, 3.8) is 0 Å². The van der Waals surface area contributed by atoms with E-state index >= 15 is 0 Å². The molecule has 0 bridgehead atoms. The molecule has 0 aliphatic rings. The zero-order valence-corrected chi connectivity index (χ0v) is 16.0. The number of halogens is 1. The Morgan fingerprint density at radius 3 is 2.52 bits per heavy atom. The fraction of sp³-hybridized carbons (Fsp3) is 0.412. The van der Waals surface area contributed by atoms with Crippen molar-refractivity contribution < 1.29 is 19.1 Å². The first-order valence-electron chi connectivity index (χ1n) is 7.18. The average Bonchev–Trinajstić information content (AvgIpc) is 2.42. The number of rotatable bonds is 5. The molecule has 0 saturated carbocycles. The van der Waals surface area contributed by atoms with Crippen LogP contribution in [0.5, 0.6) is 0 Å². The molecule has 0 fully saturated rings. The van der Waals surface area contributed by atoms with Crippen molar-refractivity contribution in [2.75, 3.05) is 11.4 Å². The standard InChI is InChI=1S/C17H22INO4/c1-6-10-19(16(21)23-17(3,4)5)14-9-7-8-13(15(14)18)11-22-12(2)20/h6-9H,1,10-11H2,2-5H3. The number of ether oxygens (including phenoxy) is 2. The molecule has 1 rings (SSSR count). The van der Waals surface area contributed by atoms with E-state index in [4.69, 9.17) is 9.47 Å². The van der Waals surface area contributed by atoms with Crippen LogP contribution in [0.3, 0.4) is 0 Å². The van der Waals surface area contributed by atoms with E-state index in [1.807, 2.05) is 39.0 Å². The van der Waals surface area contributed by atoms with Gasteiger partial charge in [-0.05, 0) is 49.4 Å². The van der Waals surface area contributed by atoms with Gasteiger partial charge in [0.25, 0.3) is 0 Å². The molecular weight excluding hydrogens is 409 g/mol. The van der Waals surface area contributed by atoms with E-state index in [1.165, 1.54) is 11.8 Å². The largest absolute Gasteiger partial charge is 0.461 e. The van der Waals surface area contributed by atoms with Gasteiger partial charge in [-0.3, -0.25) is 9.69 Å². The molecule has 5 nitrogen and oxygen atoms in total. The lowest BCUT2D eigenvalue weighted by molar-refractivity contribution is -0.142. The minimum atomic E-state index is -0.586. The highest BCUT2D eigenvalue weighted by atomic mass is 127. The van der Waals surface area contributed by atoms with Gasteiger partial charge in [-0.25, -0.2) is 4.79 Å². The first kappa shape index (κ1) is 19.5. The molecule has 126 valence electrons. The third-order valence-electron chi connectivity index (χ3n) is 2.71.